The van der Waals surface area contributed by atoms with Gasteiger partial charge in [-0.1, -0.05) is 18.2 Å². The summed E-state index contributed by atoms with van der Waals surface area (Å²) in [5, 5.41) is 8.07. The summed E-state index contributed by atoms with van der Waals surface area (Å²) in [6, 6.07) is 12.0. The lowest BCUT2D eigenvalue weighted by Gasteiger charge is -2.15. The molecule has 1 atom stereocenters. The zero-order chi connectivity index (χ0) is 15.8. The maximum absolute atomic E-state index is 12.0. The molecule has 2 rings (SSSR count). The fourth-order valence-electron chi connectivity index (χ4n) is 1.90. The van der Waals surface area contributed by atoms with Crippen molar-refractivity contribution in [2.24, 2.45) is 0 Å². The van der Waals surface area contributed by atoms with Gasteiger partial charge in [0.15, 0.2) is 0 Å². The smallest absolute Gasteiger partial charge is 0.315 e. The Balaban J connectivity index is 1.70. The normalized spacial score (nSPS) is 11.5. The molecule has 116 valence electrons. The molecule has 0 bridgehead atoms. The van der Waals surface area contributed by atoms with Crippen molar-refractivity contribution < 1.29 is 9.59 Å². The number of benzene rings is 1. The van der Waals surface area contributed by atoms with Gasteiger partial charge in [0.2, 0.25) is 5.91 Å². The second-order valence-electron chi connectivity index (χ2n) is 4.90. The van der Waals surface area contributed by atoms with Gasteiger partial charge in [-0.25, -0.2) is 4.79 Å². The molecule has 0 saturated carbocycles. The minimum atomic E-state index is -0.619. The predicted octanol–water partition coefficient (Wildman–Crippen LogP) is 1.81. The molecule has 1 heterocycles. The number of anilines is 1. The predicted molar refractivity (Wildman–Crippen MR) is 85.5 cm³/mol. The highest BCUT2D eigenvalue weighted by molar-refractivity contribution is 5.96. The molecule has 0 aliphatic rings. The van der Waals surface area contributed by atoms with E-state index in [4.69, 9.17) is 0 Å². The van der Waals surface area contributed by atoms with Crippen LogP contribution in [-0.4, -0.2) is 29.1 Å². The van der Waals surface area contributed by atoms with Crippen LogP contribution in [0.2, 0.25) is 0 Å². The molecule has 6 nitrogen and oxygen atoms in total. The first kappa shape index (κ1) is 15.6. The minimum Gasteiger partial charge on any atom is -0.353 e. The van der Waals surface area contributed by atoms with Crippen molar-refractivity contribution in [1.82, 2.24) is 15.2 Å². The molecule has 1 aromatic carbocycles. The highest BCUT2D eigenvalue weighted by Gasteiger charge is 2.15. The van der Waals surface area contributed by atoms with Crippen molar-refractivity contribution in [3.8, 4) is 0 Å². The first-order valence-electron chi connectivity index (χ1n) is 7.16. The fourth-order valence-corrected chi connectivity index (χ4v) is 1.90. The van der Waals surface area contributed by atoms with Crippen molar-refractivity contribution in [2.75, 3.05) is 11.9 Å². The molecule has 6 heteroatoms. The lowest BCUT2D eigenvalue weighted by Crippen LogP contribution is -2.46. The quantitative estimate of drug-likeness (QED) is 0.761. The summed E-state index contributed by atoms with van der Waals surface area (Å²) in [6.07, 6.45) is 3.85. The Morgan fingerprint density at radius 2 is 1.77 bits per heavy atom. The molecule has 1 unspecified atom stereocenters. The van der Waals surface area contributed by atoms with Gasteiger partial charge in [0.05, 0.1) is 0 Å². The van der Waals surface area contributed by atoms with E-state index in [9.17, 15) is 9.59 Å². The first-order chi connectivity index (χ1) is 10.6. The number of amides is 3. The van der Waals surface area contributed by atoms with Crippen molar-refractivity contribution in [1.29, 1.82) is 0 Å². The molecule has 0 aliphatic heterocycles. The van der Waals surface area contributed by atoms with Gasteiger partial charge in [-0.05, 0) is 31.2 Å². The van der Waals surface area contributed by atoms with Crippen molar-refractivity contribution in [3.63, 3.8) is 0 Å². The summed E-state index contributed by atoms with van der Waals surface area (Å²) in [6.45, 7) is 2.82. The van der Waals surface area contributed by atoms with Gasteiger partial charge < -0.3 is 20.5 Å². The van der Waals surface area contributed by atoms with E-state index >= 15 is 0 Å². The third-order valence-corrected chi connectivity index (χ3v) is 3.10. The number of hydrogen-bond donors (Lipinski definition) is 3. The maximum atomic E-state index is 12.0. The number of para-hydroxylation sites is 1. The highest BCUT2D eigenvalue weighted by atomic mass is 16.2. The summed E-state index contributed by atoms with van der Waals surface area (Å²) >= 11 is 0. The van der Waals surface area contributed by atoms with Gasteiger partial charge in [0, 0.05) is 31.2 Å². The Bertz CT molecular complexity index is 596. The molecule has 0 fully saturated rings. The van der Waals surface area contributed by atoms with E-state index in [1.54, 1.807) is 19.1 Å². The number of aromatic nitrogens is 1. The van der Waals surface area contributed by atoms with E-state index in [0.717, 1.165) is 0 Å². The number of hydrogen-bond acceptors (Lipinski definition) is 2. The van der Waals surface area contributed by atoms with Gasteiger partial charge >= 0.3 is 6.03 Å². The van der Waals surface area contributed by atoms with E-state index < -0.39 is 6.04 Å². The van der Waals surface area contributed by atoms with Gasteiger partial charge in [0.25, 0.3) is 0 Å². The molecule has 2 aromatic rings. The van der Waals surface area contributed by atoms with Crippen LogP contribution in [0.4, 0.5) is 10.5 Å². The van der Waals surface area contributed by atoms with Gasteiger partial charge in [0.1, 0.15) is 6.04 Å². The monoisotopic (exact) mass is 300 g/mol. The fraction of sp³-hybridized carbons (Fsp3) is 0.250. The minimum absolute atomic E-state index is 0.258. The van der Waals surface area contributed by atoms with Crippen LogP contribution in [0.15, 0.2) is 54.9 Å². The third-order valence-electron chi connectivity index (χ3n) is 3.10. The number of carbonyl (C=O) groups is 2. The number of rotatable bonds is 6. The van der Waals surface area contributed by atoms with E-state index in [1.165, 1.54) is 0 Å². The van der Waals surface area contributed by atoms with Crippen LogP contribution in [0, 0.1) is 0 Å². The van der Waals surface area contributed by atoms with Crippen LogP contribution < -0.4 is 16.0 Å². The number of nitrogens with zero attached hydrogens (tertiary/aromatic N) is 1. The van der Waals surface area contributed by atoms with Crippen LogP contribution in [-0.2, 0) is 11.3 Å². The number of nitrogens with one attached hydrogen (secondary N) is 3. The van der Waals surface area contributed by atoms with E-state index in [0.29, 0.717) is 18.8 Å². The molecule has 0 radical (unpaired) electrons. The molecular weight excluding hydrogens is 280 g/mol. The molecule has 1 aromatic heterocycles. The molecule has 0 spiro atoms. The van der Waals surface area contributed by atoms with Gasteiger partial charge in [-0.2, -0.15) is 0 Å². The lowest BCUT2D eigenvalue weighted by atomic mass is 10.2. The summed E-state index contributed by atoms with van der Waals surface area (Å²) in [7, 11) is 0. The SMILES string of the molecule is CC(NC(=O)NCCn1cccc1)C(=O)Nc1ccccc1. The number of urea groups is 1. The number of carbonyl (C=O) groups excluding carboxylic acids is 2. The largest absolute Gasteiger partial charge is 0.353 e. The van der Waals surface area contributed by atoms with Crippen LogP contribution >= 0.6 is 0 Å². The standard InChI is InChI=1S/C16H20N4O2/c1-13(15(21)19-14-7-3-2-4-8-14)18-16(22)17-9-12-20-10-5-6-11-20/h2-8,10-11,13H,9,12H2,1H3,(H,19,21)(H2,17,18,22). The van der Waals surface area contributed by atoms with Crippen molar-refractivity contribution in [2.45, 2.75) is 19.5 Å². The Morgan fingerprint density at radius 1 is 1.09 bits per heavy atom. The van der Waals surface area contributed by atoms with Crippen molar-refractivity contribution >= 4 is 17.6 Å². The second kappa shape index (κ2) is 7.87. The Kier molecular flexibility index (Phi) is 5.59. The van der Waals surface area contributed by atoms with Crippen LogP contribution in [0.25, 0.3) is 0 Å². The summed E-state index contributed by atoms with van der Waals surface area (Å²) < 4.78 is 1.96. The summed E-state index contributed by atoms with van der Waals surface area (Å²) in [5.74, 6) is -0.258. The highest BCUT2D eigenvalue weighted by Crippen LogP contribution is 2.05. The Labute approximate surface area is 129 Å². The summed E-state index contributed by atoms with van der Waals surface area (Å²) in [4.78, 5) is 23.7. The topological polar surface area (TPSA) is 75.2 Å². The second-order valence-corrected chi connectivity index (χ2v) is 4.90. The zero-order valence-corrected chi connectivity index (χ0v) is 12.5. The average Bonchev–Trinajstić information content (AvgIpc) is 3.01. The third kappa shape index (κ3) is 4.97. The average molecular weight is 300 g/mol. The Hall–Kier alpha value is -2.76. The van der Waals surface area contributed by atoms with Crippen LogP contribution in [0.3, 0.4) is 0 Å². The maximum Gasteiger partial charge on any atom is 0.315 e. The molecule has 3 amide bonds. The molecule has 0 aliphatic carbocycles. The summed E-state index contributed by atoms with van der Waals surface area (Å²) in [5.41, 5.74) is 0.703. The molecule has 0 saturated heterocycles. The molecule has 22 heavy (non-hydrogen) atoms. The van der Waals surface area contributed by atoms with E-state index in [1.807, 2.05) is 47.3 Å². The van der Waals surface area contributed by atoms with Gasteiger partial charge in [-0.3, -0.25) is 4.79 Å². The van der Waals surface area contributed by atoms with E-state index in [-0.39, 0.29) is 11.9 Å². The van der Waals surface area contributed by atoms with Crippen molar-refractivity contribution in [3.05, 3.63) is 54.9 Å². The Morgan fingerprint density at radius 3 is 2.45 bits per heavy atom. The first-order valence-corrected chi connectivity index (χ1v) is 7.16. The molecule has 3 N–H and O–H groups in total. The van der Waals surface area contributed by atoms with Crippen LogP contribution in [0.5, 0.6) is 0 Å². The lowest BCUT2D eigenvalue weighted by molar-refractivity contribution is -0.117. The molecular formula is C16H20N4O2. The van der Waals surface area contributed by atoms with E-state index in [2.05, 4.69) is 16.0 Å². The van der Waals surface area contributed by atoms with Crippen LogP contribution in [0.1, 0.15) is 6.92 Å². The zero-order valence-electron chi connectivity index (χ0n) is 12.5. The van der Waals surface area contributed by atoms with Gasteiger partial charge in [-0.15, -0.1) is 0 Å².